The molecule has 10 nitrogen and oxygen atoms in total. The van der Waals surface area contributed by atoms with Crippen LogP contribution in [0.5, 0.6) is 0 Å². The number of pyridine rings is 1. The van der Waals surface area contributed by atoms with Crippen molar-refractivity contribution in [3.63, 3.8) is 0 Å². The molecule has 0 radical (unpaired) electrons. The van der Waals surface area contributed by atoms with Crippen molar-refractivity contribution >= 4 is 29.5 Å². The first-order valence-corrected chi connectivity index (χ1v) is 11.5. The van der Waals surface area contributed by atoms with E-state index in [4.69, 9.17) is 9.47 Å². The van der Waals surface area contributed by atoms with Crippen molar-refractivity contribution in [3.05, 3.63) is 42.3 Å². The van der Waals surface area contributed by atoms with Gasteiger partial charge in [0.15, 0.2) is 6.23 Å². The monoisotopic (exact) mass is 485 g/mol. The van der Waals surface area contributed by atoms with E-state index >= 15 is 0 Å². The van der Waals surface area contributed by atoms with Gasteiger partial charge >= 0.3 is 12.1 Å². The summed E-state index contributed by atoms with van der Waals surface area (Å²) in [7, 11) is 1.38. The van der Waals surface area contributed by atoms with E-state index in [0.29, 0.717) is 16.8 Å². The van der Waals surface area contributed by atoms with E-state index in [0.717, 1.165) is 32.0 Å². The number of aromatic nitrogens is 1. The Hall–Kier alpha value is -3.73. The number of anilines is 2. The van der Waals surface area contributed by atoms with Gasteiger partial charge in [0.05, 0.1) is 25.9 Å². The molecule has 1 aromatic heterocycles. The van der Waals surface area contributed by atoms with E-state index in [9.17, 15) is 18.8 Å². The highest BCUT2D eigenvalue weighted by Gasteiger charge is 2.33. The topological polar surface area (TPSA) is 104 Å². The Morgan fingerprint density at radius 3 is 2.60 bits per heavy atom. The second-order valence-corrected chi connectivity index (χ2v) is 8.31. The lowest BCUT2D eigenvalue weighted by Crippen LogP contribution is -2.48. The number of nitrogens with one attached hydrogen (secondary N) is 1. The average Bonchev–Trinajstić information content (AvgIpc) is 3.24. The number of nitrogens with zero attached hydrogens (tertiary/aromatic N) is 4. The maximum atomic E-state index is 15.0. The molecular formula is C24H28FN5O5. The highest BCUT2D eigenvalue weighted by Crippen LogP contribution is 2.29. The number of cyclic esters (lactones) is 1. The summed E-state index contributed by atoms with van der Waals surface area (Å²) in [6.45, 7) is 4.96. The minimum atomic E-state index is -0.767. The van der Waals surface area contributed by atoms with Crippen LogP contribution in [-0.4, -0.2) is 80.5 Å². The number of amides is 2. The number of hydrogen-bond acceptors (Lipinski definition) is 8. The summed E-state index contributed by atoms with van der Waals surface area (Å²) < 4.78 is 24.8. The Labute approximate surface area is 202 Å². The van der Waals surface area contributed by atoms with Gasteiger partial charge in [-0.25, -0.2) is 14.2 Å². The fraction of sp³-hybridized carbons (Fsp3) is 0.417. The van der Waals surface area contributed by atoms with E-state index in [1.807, 2.05) is 17.0 Å². The van der Waals surface area contributed by atoms with Crippen LogP contribution in [0.2, 0.25) is 0 Å². The number of piperazine rings is 1. The molecule has 186 valence electrons. The third kappa shape index (κ3) is 5.68. The zero-order chi connectivity index (χ0) is 24.9. The lowest BCUT2D eigenvalue weighted by atomic mass is 10.1. The van der Waals surface area contributed by atoms with E-state index in [1.54, 1.807) is 25.3 Å². The van der Waals surface area contributed by atoms with E-state index in [1.165, 1.54) is 18.1 Å². The van der Waals surface area contributed by atoms with Crippen LogP contribution in [0.3, 0.4) is 0 Å². The third-order valence-electron chi connectivity index (χ3n) is 6.05. The SMILES string of the molecule is CCC(=O)NC1CN(c2ccc(-c3ccc(N4CCN(CC(=O)OC)CC4)nc3)c(F)c2)C(=O)O1. The molecule has 0 bridgehead atoms. The quantitative estimate of drug-likeness (QED) is 0.594. The molecule has 0 aliphatic carbocycles. The smallest absolute Gasteiger partial charge is 0.416 e. The van der Waals surface area contributed by atoms with Gasteiger partial charge in [-0.15, -0.1) is 0 Å². The highest BCUT2D eigenvalue weighted by atomic mass is 19.1. The minimum Gasteiger partial charge on any atom is -0.468 e. The number of carbonyl (C=O) groups is 3. The summed E-state index contributed by atoms with van der Waals surface area (Å²) >= 11 is 0. The predicted octanol–water partition coefficient (Wildman–Crippen LogP) is 1.99. The molecule has 1 aromatic carbocycles. The molecule has 2 fully saturated rings. The zero-order valence-electron chi connectivity index (χ0n) is 19.7. The summed E-state index contributed by atoms with van der Waals surface area (Å²) in [5.41, 5.74) is 1.32. The lowest BCUT2D eigenvalue weighted by Gasteiger charge is -2.34. The molecule has 2 aliphatic heterocycles. The maximum absolute atomic E-state index is 15.0. The Morgan fingerprint density at radius 1 is 1.20 bits per heavy atom. The van der Waals surface area contributed by atoms with Crippen molar-refractivity contribution in [1.29, 1.82) is 0 Å². The van der Waals surface area contributed by atoms with E-state index < -0.39 is 18.1 Å². The van der Waals surface area contributed by atoms with Crippen molar-refractivity contribution in [2.75, 3.05) is 56.2 Å². The van der Waals surface area contributed by atoms with Crippen LogP contribution in [0.1, 0.15) is 13.3 Å². The number of esters is 1. The van der Waals surface area contributed by atoms with Gasteiger partial charge in [0.2, 0.25) is 5.91 Å². The van der Waals surface area contributed by atoms with Gasteiger partial charge in [-0.1, -0.05) is 6.92 Å². The zero-order valence-corrected chi connectivity index (χ0v) is 19.7. The van der Waals surface area contributed by atoms with Crippen LogP contribution in [0.25, 0.3) is 11.1 Å². The number of carbonyl (C=O) groups excluding carboxylic acids is 3. The largest absolute Gasteiger partial charge is 0.468 e. The highest BCUT2D eigenvalue weighted by molar-refractivity contribution is 5.90. The van der Waals surface area contributed by atoms with Crippen molar-refractivity contribution in [1.82, 2.24) is 15.2 Å². The molecule has 0 saturated carbocycles. The molecule has 1 N–H and O–H groups in total. The van der Waals surface area contributed by atoms with Gasteiger partial charge in [-0.3, -0.25) is 19.4 Å². The van der Waals surface area contributed by atoms with Crippen LogP contribution in [0.4, 0.5) is 20.7 Å². The second kappa shape index (κ2) is 10.7. The second-order valence-electron chi connectivity index (χ2n) is 8.31. The number of rotatable bonds is 7. The maximum Gasteiger partial charge on any atom is 0.416 e. The molecule has 1 unspecified atom stereocenters. The van der Waals surface area contributed by atoms with Crippen LogP contribution in [0.15, 0.2) is 36.5 Å². The molecule has 35 heavy (non-hydrogen) atoms. The normalized spacial score (nSPS) is 18.4. The summed E-state index contributed by atoms with van der Waals surface area (Å²) in [5, 5.41) is 2.60. The molecular weight excluding hydrogens is 457 g/mol. The van der Waals surface area contributed by atoms with Gasteiger partial charge in [0, 0.05) is 49.9 Å². The first-order chi connectivity index (χ1) is 16.9. The molecule has 11 heteroatoms. The predicted molar refractivity (Wildman–Crippen MR) is 126 cm³/mol. The van der Waals surface area contributed by atoms with Crippen LogP contribution in [-0.2, 0) is 19.1 Å². The Bertz CT molecular complexity index is 1090. The fourth-order valence-electron chi connectivity index (χ4n) is 4.05. The van der Waals surface area contributed by atoms with Gasteiger partial charge in [0.25, 0.3) is 0 Å². The van der Waals surface area contributed by atoms with Crippen LogP contribution >= 0.6 is 0 Å². The molecule has 2 saturated heterocycles. The van der Waals surface area contributed by atoms with E-state index in [-0.39, 0.29) is 31.4 Å². The van der Waals surface area contributed by atoms with E-state index in [2.05, 4.69) is 15.2 Å². The van der Waals surface area contributed by atoms with Crippen LogP contribution in [0, 0.1) is 5.82 Å². The summed E-state index contributed by atoms with van der Waals surface area (Å²) in [6, 6.07) is 8.16. The summed E-state index contributed by atoms with van der Waals surface area (Å²) in [5.74, 6) is -0.199. The Morgan fingerprint density at radius 2 is 1.97 bits per heavy atom. The van der Waals surface area contributed by atoms with Crippen molar-refractivity contribution in [2.45, 2.75) is 19.6 Å². The van der Waals surface area contributed by atoms with Gasteiger partial charge < -0.3 is 19.7 Å². The average molecular weight is 486 g/mol. The number of methoxy groups -OCH3 is 1. The lowest BCUT2D eigenvalue weighted by molar-refractivity contribution is -0.142. The van der Waals surface area contributed by atoms with Gasteiger partial charge in [-0.05, 0) is 30.3 Å². The molecule has 4 rings (SSSR count). The number of ether oxygens (including phenoxy) is 2. The number of halogens is 1. The molecule has 0 spiro atoms. The molecule has 2 aromatic rings. The van der Waals surface area contributed by atoms with Crippen molar-refractivity contribution < 1.29 is 28.2 Å². The van der Waals surface area contributed by atoms with Crippen molar-refractivity contribution in [3.8, 4) is 11.1 Å². The standard InChI is InChI=1S/C24H28FN5O5/c1-3-21(31)27-22-14-30(24(33)35-22)17-5-6-18(19(25)12-17)16-4-7-20(26-13-16)29-10-8-28(9-11-29)15-23(32)34-2/h4-7,12-13,22H,3,8-11,14-15H2,1-2H3,(H,27,31). The van der Waals surface area contributed by atoms with Gasteiger partial charge in [-0.2, -0.15) is 0 Å². The minimum absolute atomic E-state index is 0.104. The summed E-state index contributed by atoms with van der Waals surface area (Å²) in [6.07, 6.45) is 0.484. The molecule has 3 heterocycles. The van der Waals surface area contributed by atoms with Crippen LogP contribution < -0.4 is 15.1 Å². The number of benzene rings is 1. The number of hydrogen-bond donors (Lipinski definition) is 1. The fourth-order valence-corrected chi connectivity index (χ4v) is 4.05. The summed E-state index contributed by atoms with van der Waals surface area (Å²) in [4.78, 5) is 45.1. The third-order valence-corrected chi connectivity index (χ3v) is 6.05. The first kappa shape index (κ1) is 24.4. The van der Waals surface area contributed by atoms with Crippen molar-refractivity contribution in [2.24, 2.45) is 0 Å². The van der Waals surface area contributed by atoms with Gasteiger partial charge in [0.1, 0.15) is 11.6 Å². The molecule has 1 atom stereocenters. The molecule has 2 amide bonds. The Balaban J connectivity index is 1.39. The Kier molecular flexibility index (Phi) is 7.45. The first-order valence-electron chi connectivity index (χ1n) is 11.5. The molecule has 2 aliphatic rings.